The summed E-state index contributed by atoms with van der Waals surface area (Å²) in [6.07, 6.45) is 5.33. The summed E-state index contributed by atoms with van der Waals surface area (Å²) in [5.41, 5.74) is 2.63. The molecule has 24 heavy (non-hydrogen) atoms. The van der Waals surface area contributed by atoms with Crippen LogP contribution in [-0.4, -0.2) is 29.7 Å². The topological polar surface area (TPSA) is 53.7 Å². The molecule has 1 N–H and O–H groups in total. The second-order valence-electron chi connectivity index (χ2n) is 7.05. The molecule has 0 radical (unpaired) electrons. The van der Waals surface area contributed by atoms with Crippen LogP contribution in [0.25, 0.3) is 11.0 Å². The van der Waals surface area contributed by atoms with E-state index in [2.05, 4.69) is 31.0 Å². The molecule has 1 aliphatic rings. The van der Waals surface area contributed by atoms with Crippen LogP contribution in [0.15, 0.2) is 33.5 Å². The molecular weight excluding hydrogens is 302 g/mol. The van der Waals surface area contributed by atoms with Gasteiger partial charge in [-0.1, -0.05) is 19.1 Å². The first-order valence-corrected chi connectivity index (χ1v) is 8.97. The largest absolute Gasteiger partial charge is 0.423 e. The van der Waals surface area contributed by atoms with Gasteiger partial charge in [0.25, 0.3) is 0 Å². The average Bonchev–Trinajstić information content (AvgIpc) is 2.61. The van der Waals surface area contributed by atoms with Gasteiger partial charge >= 0.3 is 5.63 Å². The van der Waals surface area contributed by atoms with E-state index < -0.39 is 0 Å². The maximum Gasteiger partial charge on any atom is 0.336 e. The van der Waals surface area contributed by atoms with Crippen molar-refractivity contribution < 1.29 is 9.52 Å². The summed E-state index contributed by atoms with van der Waals surface area (Å²) in [7, 11) is 2.13. The third-order valence-corrected chi connectivity index (χ3v) is 5.42. The van der Waals surface area contributed by atoms with E-state index in [0.29, 0.717) is 24.1 Å². The van der Waals surface area contributed by atoms with Gasteiger partial charge < -0.3 is 9.52 Å². The van der Waals surface area contributed by atoms with E-state index in [1.54, 1.807) is 6.07 Å². The van der Waals surface area contributed by atoms with Crippen molar-refractivity contribution in [2.24, 2.45) is 5.92 Å². The summed E-state index contributed by atoms with van der Waals surface area (Å²) < 4.78 is 5.40. The van der Waals surface area contributed by atoms with E-state index in [-0.39, 0.29) is 5.63 Å². The third-order valence-electron chi connectivity index (χ3n) is 5.42. The number of nitrogens with zero attached hydrogens (tertiary/aromatic N) is 1. The SMILES string of the molecule is CCc1ccc2c(CN(C)C3CCC(CO)CC3)cc(=O)oc2c1. The first-order valence-electron chi connectivity index (χ1n) is 8.97. The van der Waals surface area contributed by atoms with Crippen LogP contribution < -0.4 is 5.63 Å². The average molecular weight is 329 g/mol. The fourth-order valence-corrected chi connectivity index (χ4v) is 3.79. The first-order chi connectivity index (χ1) is 11.6. The molecule has 0 atom stereocenters. The van der Waals surface area contributed by atoms with Crippen LogP contribution in [0, 0.1) is 5.92 Å². The van der Waals surface area contributed by atoms with Crippen molar-refractivity contribution in [2.75, 3.05) is 13.7 Å². The van der Waals surface area contributed by atoms with Crippen molar-refractivity contribution in [1.82, 2.24) is 4.90 Å². The van der Waals surface area contributed by atoms with Gasteiger partial charge in [-0.2, -0.15) is 0 Å². The Morgan fingerprint density at radius 3 is 2.62 bits per heavy atom. The minimum absolute atomic E-state index is 0.275. The minimum Gasteiger partial charge on any atom is -0.423 e. The Kier molecular flexibility index (Phi) is 5.36. The van der Waals surface area contributed by atoms with Crippen molar-refractivity contribution in [3.05, 3.63) is 45.8 Å². The van der Waals surface area contributed by atoms with Gasteiger partial charge in [0.2, 0.25) is 0 Å². The Morgan fingerprint density at radius 1 is 1.21 bits per heavy atom. The molecule has 1 aromatic carbocycles. The van der Waals surface area contributed by atoms with Gasteiger partial charge in [-0.25, -0.2) is 4.79 Å². The molecule has 0 amide bonds. The lowest BCUT2D eigenvalue weighted by Gasteiger charge is -2.34. The zero-order valence-corrected chi connectivity index (χ0v) is 14.6. The highest BCUT2D eigenvalue weighted by molar-refractivity contribution is 5.80. The summed E-state index contributed by atoms with van der Waals surface area (Å²) in [5.74, 6) is 0.465. The number of aryl methyl sites for hydroxylation is 1. The molecule has 0 spiro atoms. The summed E-state index contributed by atoms with van der Waals surface area (Å²) in [6.45, 7) is 3.15. The maximum absolute atomic E-state index is 11.9. The van der Waals surface area contributed by atoms with Gasteiger partial charge in [0.15, 0.2) is 0 Å². The third kappa shape index (κ3) is 3.70. The predicted octanol–water partition coefficient (Wildman–Crippen LogP) is 3.34. The maximum atomic E-state index is 11.9. The zero-order valence-electron chi connectivity index (χ0n) is 14.6. The predicted molar refractivity (Wildman–Crippen MR) is 96.2 cm³/mol. The lowest BCUT2D eigenvalue weighted by Crippen LogP contribution is -2.35. The summed E-state index contributed by atoms with van der Waals surface area (Å²) in [5, 5.41) is 10.3. The Morgan fingerprint density at radius 2 is 1.96 bits per heavy atom. The number of hydrogen-bond donors (Lipinski definition) is 1. The van der Waals surface area contributed by atoms with Gasteiger partial charge in [0, 0.05) is 30.6 Å². The van der Waals surface area contributed by atoms with Gasteiger partial charge in [-0.05, 0) is 62.3 Å². The van der Waals surface area contributed by atoms with Crippen molar-refractivity contribution in [3.8, 4) is 0 Å². The van der Waals surface area contributed by atoms with Crippen molar-refractivity contribution in [3.63, 3.8) is 0 Å². The molecule has 4 nitrogen and oxygen atoms in total. The summed E-state index contributed by atoms with van der Waals surface area (Å²) in [6, 6.07) is 8.31. The number of benzene rings is 1. The molecule has 0 saturated heterocycles. The Hall–Kier alpha value is -1.65. The van der Waals surface area contributed by atoms with E-state index >= 15 is 0 Å². The lowest BCUT2D eigenvalue weighted by molar-refractivity contribution is 0.124. The van der Waals surface area contributed by atoms with Gasteiger partial charge in [-0.3, -0.25) is 4.90 Å². The Balaban J connectivity index is 1.80. The minimum atomic E-state index is -0.275. The lowest BCUT2D eigenvalue weighted by atomic mass is 9.86. The Labute approximate surface area is 143 Å². The molecule has 1 aromatic heterocycles. The van der Waals surface area contributed by atoms with Crippen LogP contribution in [-0.2, 0) is 13.0 Å². The molecule has 1 fully saturated rings. The highest BCUT2D eigenvalue weighted by Gasteiger charge is 2.24. The monoisotopic (exact) mass is 329 g/mol. The molecule has 4 heteroatoms. The number of fused-ring (bicyclic) bond motifs is 1. The fraction of sp³-hybridized carbons (Fsp3) is 0.550. The van der Waals surface area contributed by atoms with E-state index in [0.717, 1.165) is 49.6 Å². The second kappa shape index (κ2) is 7.49. The molecule has 1 aliphatic carbocycles. The highest BCUT2D eigenvalue weighted by Crippen LogP contribution is 2.28. The molecule has 0 aliphatic heterocycles. The highest BCUT2D eigenvalue weighted by atomic mass is 16.4. The van der Waals surface area contributed by atoms with E-state index in [1.807, 2.05) is 6.07 Å². The van der Waals surface area contributed by atoms with E-state index in [4.69, 9.17) is 4.42 Å². The van der Waals surface area contributed by atoms with Crippen molar-refractivity contribution in [2.45, 2.75) is 51.6 Å². The molecule has 1 heterocycles. The first kappa shape index (κ1) is 17.2. The molecular formula is C20H27NO3. The second-order valence-corrected chi connectivity index (χ2v) is 7.05. The molecule has 0 bridgehead atoms. The molecule has 0 unspecified atom stereocenters. The Bertz CT molecular complexity index is 744. The smallest absolute Gasteiger partial charge is 0.336 e. The number of aliphatic hydroxyl groups excluding tert-OH is 1. The van der Waals surface area contributed by atoms with E-state index in [9.17, 15) is 9.90 Å². The zero-order chi connectivity index (χ0) is 17.1. The van der Waals surface area contributed by atoms with Crippen molar-refractivity contribution >= 4 is 11.0 Å². The standard InChI is InChI=1S/C20H27NO3/c1-3-14-6-9-18-16(11-20(23)24-19(18)10-14)12-21(2)17-7-4-15(13-22)5-8-17/h6,9-11,15,17,22H,3-5,7-8,12-13H2,1-2H3. The quantitative estimate of drug-likeness (QED) is 0.855. The molecule has 3 rings (SSSR count). The summed E-state index contributed by atoms with van der Waals surface area (Å²) in [4.78, 5) is 14.3. The fourth-order valence-electron chi connectivity index (χ4n) is 3.79. The van der Waals surface area contributed by atoms with Crippen LogP contribution in [0.1, 0.15) is 43.7 Å². The van der Waals surface area contributed by atoms with E-state index in [1.165, 1.54) is 5.56 Å². The normalized spacial score (nSPS) is 21.5. The number of hydrogen-bond acceptors (Lipinski definition) is 4. The van der Waals surface area contributed by atoms with Gasteiger partial charge in [0.1, 0.15) is 5.58 Å². The van der Waals surface area contributed by atoms with Crippen LogP contribution in [0.2, 0.25) is 0 Å². The molecule has 1 saturated carbocycles. The molecule has 130 valence electrons. The molecule has 2 aromatic rings. The van der Waals surface area contributed by atoms with Crippen LogP contribution in [0.4, 0.5) is 0 Å². The van der Waals surface area contributed by atoms with Crippen LogP contribution in [0.3, 0.4) is 0 Å². The number of rotatable bonds is 5. The number of aliphatic hydroxyl groups is 1. The van der Waals surface area contributed by atoms with Gasteiger partial charge in [-0.15, -0.1) is 0 Å². The van der Waals surface area contributed by atoms with Gasteiger partial charge in [0.05, 0.1) is 0 Å². The van der Waals surface area contributed by atoms with Crippen molar-refractivity contribution in [1.29, 1.82) is 0 Å². The van der Waals surface area contributed by atoms with Crippen LogP contribution in [0.5, 0.6) is 0 Å². The van der Waals surface area contributed by atoms with Crippen LogP contribution >= 0.6 is 0 Å². The summed E-state index contributed by atoms with van der Waals surface area (Å²) >= 11 is 0.